The summed E-state index contributed by atoms with van der Waals surface area (Å²) in [6, 6.07) is -5.55. The summed E-state index contributed by atoms with van der Waals surface area (Å²) in [5.74, 6) is -12.6. The van der Waals surface area contributed by atoms with E-state index in [9.17, 15) is 38.7 Å². The fourth-order valence-corrected chi connectivity index (χ4v) is 15.6. The van der Waals surface area contributed by atoms with Gasteiger partial charge in [-0.2, -0.15) is 0 Å². The van der Waals surface area contributed by atoms with E-state index in [0.717, 1.165) is 0 Å². The average molecular weight is 1750 g/mol. The molecule has 2 aromatic heterocycles. The molecule has 7 rings (SSSR count). The molecule has 2 aromatic carbocycles. The van der Waals surface area contributed by atoms with Crippen LogP contribution in [0.4, 0.5) is 0 Å². The number of aliphatic imine (C=N–C) groups is 2. The van der Waals surface area contributed by atoms with Gasteiger partial charge in [0.25, 0.3) is 0 Å². The monoisotopic (exact) mass is 1750 g/mol. The lowest BCUT2D eigenvalue weighted by molar-refractivity contribution is -0.148. The summed E-state index contributed by atoms with van der Waals surface area (Å²) in [5, 5.41) is 45.7. The second-order valence-electron chi connectivity index (χ2n) is 32.9. The van der Waals surface area contributed by atoms with Crippen LogP contribution in [0.5, 0.6) is 0 Å². The summed E-state index contributed by atoms with van der Waals surface area (Å²) < 4.78 is 0. The summed E-state index contributed by atoms with van der Waals surface area (Å²) in [6.45, 7) is 8.39. The molecule has 0 saturated carbocycles. The van der Waals surface area contributed by atoms with E-state index in [0.29, 0.717) is 77.9 Å². The Labute approximate surface area is 728 Å². The van der Waals surface area contributed by atoms with Crippen LogP contribution >= 0.6 is 0 Å². The van der Waals surface area contributed by atoms with Gasteiger partial charge >= 0.3 is 0 Å². The summed E-state index contributed by atoms with van der Waals surface area (Å²) in [5.41, 5.74) is 49.1. The van der Waals surface area contributed by atoms with E-state index in [1.807, 2.05) is 0 Å². The quantitative estimate of drug-likeness (QED) is 0.0131. The maximum Gasteiger partial charge on any atom is 0.246 e. The fraction of sp³-hybridized carbons (Fsp3) is 0.619. The number of benzene rings is 2. The molecule has 3 saturated heterocycles. The number of aromatic amines is 2. The van der Waals surface area contributed by atoms with Crippen molar-refractivity contribution >= 4 is 116 Å². The number of amides is 14. The number of nitrogens with zero attached hydrogens (tertiary/aromatic N) is 4. The van der Waals surface area contributed by atoms with Gasteiger partial charge in [0.05, 0.1) is 6.10 Å². The topological polar surface area (TPSA) is 675 Å². The zero-order valence-corrected chi connectivity index (χ0v) is 72.5. The van der Waals surface area contributed by atoms with E-state index in [-0.39, 0.29) is 173 Å². The molecule has 0 unspecified atom stereocenters. The SMILES string of the molecule is CC(C)C[C@@H]1NC(=O)[C@H](Cc2c[nH]c3ccccc23)NC(=O)[C@H]([C@@H](C)O)NC(=O)[C@@H]2CCCN2C(=O)[C@H]2CCCN2C(=O)[C@H](CCCCN)NC(=O)[C@H](C)NC(=O)[C@H](C)NC(=O)[C@H](CCCCN)NC(=O)[C@H](Cc2c[nH]c3ccccc23)NC(=O)[C@H](CCCN=C(N)N)NC(=O)[C@H](CCCN=C(N)N)NC(=O)[C@H](CCCCN)NC(=O)[C@H](CCCCN)NC1=O. The first-order chi connectivity index (χ1) is 59.8. The van der Waals surface area contributed by atoms with Gasteiger partial charge in [0, 0.05) is 73.2 Å². The first-order valence-electron chi connectivity index (χ1n) is 43.7. The molecule has 5 heterocycles. The first kappa shape index (κ1) is 101. The molecular weight excluding hydrogens is 1610 g/mol. The highest BCUT2D eigenvalue weighted by molar-refractivity contribution is 6.02. The van der Waals surface area contributed by atoms with Crippen molar-refractivity contribution in [2.45, 2.75) is 273 Å². The maximum atomic E-state index is 15.3. The van der Waals surface area contributed by atoms with Crippen LogP contribution in [-0.4, -0.2) is 263 Å². The highest BCUT2D eigenvalue weighted by Gasteiger charge is 2.46. The number of unbranched alkanes of at least 4 members (excludes halogenated alkanes) is 4. The molecule has 125 heavy (non-hydrogen) atoms. The summed E-state index contributed by atoms with van der Waals surface area (Å²) in [4.78, 5) is 226. The molecule has 4 aromatic rings. The predicted molar refractivity (Wildman–Crippen MR) is 471 cm³/mol. The number of guanidine groups is 2. The number of rotatable bonds is 31. The van der Waals surface area contributed by atoms with Gasteiger partial charge in [0.15, 0.2) is 11.9 Å². The Kier molecular flexibility index (Phi) is 41.0. The molecular formula is C84H134N26O15. The average Bonchev–Trinajstić information content (AvgIpc) is 1.67. The Balaban J connectivity index is 1.30. The number of aromatic nitrogens is 2. The number of carbonyl (C=O) groups excluding carboxylic acids is 14. The predicted octanol–water partition coefficient (Wildman–Crippen LogP) is -3.66. The van der Waals surface area contributed by atoms with Crippen LogP contribution in [0.15, 0.2) is 70.9 Å². The van der Waals surface area contributed by atoms with Crippen LogP contribution in [0.2, 0.25) is 0 Å². The van der Waals surface area contributed by atoms with Crippen molar-refractivity contribution in [2.24, 2.45) is 61.8 Å². The van der Waals surface area contributed by atoms with Crippen molar-refractivity contribution in [3.63, 3.8) is 0 Å². The number of aliphatic hydroxyl groups excluding tert-OH is 1. The molecule has 15 atom stereocenters. The maximum absolute atomic E-state index is 15.3. The highest BCUT2D eigenvalue weighted by Crippen LogP contribution is 2.28. The normalized spacial score (nSPS) is 25.0. The molecule has 41 nitrogen and oxygen atoms in total. The third kappa shape index (κ3) is 31.0. The molecule has 0 radical (unpaired) electrons. The van der Waals surface area contributed by atoms with Crippen LogP contribution < -0.4 is 110 Å². The smallest absolute Gasteiger partial charge is 0.246 e. The number of hydrogen-bond acceptors (Lipinski definition) is 21. The first-order valence-corrected chi connectivity index (χ1v) is 43.7. The molecule has 31 N–H and O–H groups in total. The second kappa shape index (κ2) is 51.0. The van der Waals surface area contributed by atoms with Crippen LogP contribution in [0.25, 0.3) is 21.8 Å². The number of nitrogens with two attached hydrogens (primary N) is 8. The standard InChI is InChI=1S/C84H134N26O15/c1-47(2)42-63-76(119)103-59(28-12-16-36-87)73(116)99-58(27-11-15-35-86)72(115)100-60(30-18-38-93-83(89)90)74(117)101-61(31-19-39-94-84(91)92)75(118)106-64(43-51-45-95-55-24-8-6-22-53(51)55)77(120)102-57(26-10-14-34-85)71(114)98-48(3)69(112)97-49(4)70(113)104-62(29-13-17-37-88)81(124)110-41-21-33-67(110)82(125)109-40-20-32-66(109)79(122)108-68(50(5)111)80(123)107-65(78(121)105-63)44-52-46-96-56-25-9-7-23-54(52)56/h6-9,22-25,45-50,57-68,95-96,111H,10-21,26-44,85-88H2,1-5H3,(H,97,112)(H,98,114)(H,99,116)(H,100,115)(H,101,117)(H,102,120)(H,103,119)(H,104,113)(H,105,121)(H,106,118)(H,107,123)(H,108,122)(H4,89,90,93)(H4,91,92,94)/t48-,49-,50+,57-,58-,59-,60-,61-,62-,63-,64-,65-,66-,67+,68-/m0/s1. The van der Waals surface area contributed by atoms with E-state index in [4.69, 9.17) is 45.9 Å². The molecule has 3 aliphatic heterocycles. The van der Waals surface area contributed by atoms with Crippen molar-refractivity contribution < 1.29 is 72.2 Å². The highest BCUT2D eigenvalue weighted by atomic mass is 16.3. The number of para-hydroxylation sites is 2. The molecule has 0 aliphatic carbocycles. The number of aliphatic hydroxyl groups is 1. The lowest BCUT2D eigenvalue weighted by Gasteiger charge is -2.34. The minimum Gasteiger partial charge on any atom is -0.391 e. The third-order valence-corrected chi connectivity index (χ3v) is 22.5. The Bertz CT molecular complexity index is 4350. The van der Waals surface area contributed by atoms with Gasteiger partial charge in [-0.15, -0.1) is 0 Å². The lowest BCUT2D eigenvalue weighted by Crippen LogP contribution is -2.62. The minimum absolute atomic E-state index is 0.0311. The summed E-state index contributed by atoms with van der Waals surface area (Å²) in [6.07, 6.45) is 4.55. The van der Waals surface area contributed by atoms with Crippen molar-refractivity contribution in [1.29, 1.82) is 0 Å². The summed E-state index contributed by atoms with van der Waals surface area (Å²) in [7, 11) is 0. The number of hydrogen-bond donors (Lipinski definition) is 23. The molecule has 14 amide bonds. The minimum atomic E-state index is -1.76. The zero-order valence-electron chi connectivity index (χ0n) is 72.5. The largest absolute Gasteiger partial charge is 0.391 e. The number of carbonyl (C=O) groups is 14. The zero-order chi connectivity index (χ0) is 91.4. The molecule has 41 heteroatoms. The number of H-pyrrole nitrogens is 2. The van der Waals surface area contributed by atoms with Crippen molar-refractivity contribution in [1.82, 2.24) is 83.6 Å². The van der Waals surface area contributed by atoms with Gasteiger partial charge in [0.1, 0.15) is 84.6 Å². The van der Waals surface area contributed by atoms with Crippen molar-refractivity contribution in [3.05, 3.63) is 72.1 Å². The van der Waals surface area contributed by atoms with Gasteiger partial charge in [0.2, 0.25) is 82.7 Å². The lowest BCUT2D eigenvalue weighted by atomic mass is 9.99. The van der Waals surface area contributed by atoms with Crippen LogP contribution in [0.3, 0.4) is 0 Å². The Morgan fingerprint density at radius 2 is 0.712 bits per heavy atom. The number of nitrogens with one attached hydrogen (secondary N) is 14. The second-order valence-corrected chi connectivity index (χ2v) is 32.9. The molecule has 3 fully saturated rings. The van der Waals surface area contributed by atoms with E-state index < -0.39 is 173 Å². The van der Waals surface area contributed by atoms with Gasteiger partial charge in [-0.1, -0.05) is 50.2 Å². The molecule has 3 aliphatic rings. The fourth-order valence-electron chi connectivity index (χ4n) is 15.6. The van der Waals surface area contributed by atoms with Gasteiger partial charge < -0.3 is 135 Å². The number of fused-ring (bicyclic) bond motifs is 4. The Morgan fingerprint density at radius 1 is 0.384 bits per heavy atom. The van der Waals surface area contributed by atoms with Crippen LogP contribution in [0, 0.1) is 5.92 Å². The van der Waals surface area contributed by atoms with Crippen LogP contribution in [0.1, 0.15) is 181 Å². The Morgan fingerprint density at radius 3 is 1.12 bits per heavy atom. The Hall–Kier alpha value is -11.6. The van der Waals surface area contributed by atoms with Gasteiger partial charge in [-0.05, 0) is 211 Å². The van der Waals surface area contributed by atoms with E-state index in [1.165, 1.54) is 30.6 Å². The van der Waals surface area contributed by atoms with E-state index >= 15 is 33.6 Å². The van der Waals surface area contributed by atoms with E-state index in [1.54, 1.807) is 74.8 Å². The van der Waals surface area contributed by atoms with E-state index in [2.05, 4.69) is 83.8 Å². The van der Waals surface area contributed by atoms with Crippen molar-refractivity contribution in [3.8, 4) is 0 Å². The third-order valence-electron chi connectivity index (χ3n) is 22.5. The van der Waals surface area contributed by atoms with Gasteiger partial charge in [-0.3, -0.25) is 77.1 Å². The molecule has 690 valence electrons. The van der Waals surface area contributed by atoms with Gasteiger partial charge in [-0.25, -0.2) is 0 Å². The molecule has 0 spiro atoms. The van der Waals surface area contributed by atoms with Crippen LogP contribution in [-0.2, 0) is 80.0 Å². The summed E-state index contributed by atoms with van der Waals surface area (Å²) >= 11 is 0. The van der Waals surface area contributed by atoms with Crippen molar-refractivity contribution in [2.75, 3.05) is 52.4 Å². The molecule has 0 bridgehead atoms.